The summed E-state index contributed by atoms with van der Waals surface area (Å²) in [6.07, 6.45) is -1.46. The van der Waals surface area contributed by atoms with Crippen molar-refractivity contribution in [3.8, 4) is 11.4 Å². The highest BCUT2D eigenvalue weighted by Gasteiger charge is 2.35. The maximum Gasteiger partial charge on any atom is 0.573 e. The van der Waals surface area contributed by atoms with E-state index in [0.29, 0.717) is 38.2 Å². The lowest BCUT2D eigenvalue weighted by molar-refractivity contribution is -0.274. The average Bonchev–Trinajstić information content (AvgIpc) is 3.63. The summed E-state index contributed by atoms with van der Waals surface area (Å²) in [5.74, 6) is -1.31. The van der Waals surface area contributed by atoms with Gasteiger partial charge in [0.05, 0.1) is 10.6 Å². The van der Waals surface area contributed by atoms with Crippen molar-refractivity contribution in [2.75, 3.05) is 26.3 Å². The molecule has 3 aromatic carbocycles. The Morgan fingerprint density at radius 3 is 2.23 bits per heavy atom. The number of benzene rings is 3. The Bertz CT molecular complexity index is 2470. The second-order valence-corrected chi connectivity index (χ2v) is 19.0. The van der Waals surface area contributed by atoms with Crippen molar-refractivity contribution in [1.82, 2.24) is 24.2 Å². The Hall–Kier alpha value is -5.30. The van der Waals surface area contributed by atoms with Gasteiger partial charge in [-0.15, -0.1) is 13.2 Å². The van der Waals surface area contributed by atoms with Gasteiger partial charge in [-0.05, 0) is 90.9 Å². The summed E-state index contributed by atoms with van der Waals surface area (Å²) in [5.41, 5.74) is 14.4. The minimum Gasteiger partial charge on any atom is -0.406 e. The van der Waals surface area contributed by atoms with E-state index in [4.69, 9.17) is 16.2 Å². The van der Waals surface area contributed by atoms with Crippen molar-refractivity contribution < 1.29 is 35.5 Å². The number of hydrogen-bond acceptors (Lipinski definition) is 8. The molecule has 62 heavy (non-hydrogen) atoms. The first kappa shape index (κ1) is 47.7. The van der Waals surface area contributed by atoms with Gasteiger partial charge < -0.3 is 31.2 Å². The molecule has 5 aromatic rings. The van der Waals surface area contributed by atoms with Gasteiger partial charge in [0.25, 0.3) is 0 Å². The summed E-state index contributed by atoms with van der Waals surface area (Å²) >= 11 is 0. The molecular formula is C44H56F4N8O5S. The molecule has 1 saturated heterocycles. The molecule has 0 spiro atoms. The molecule has 0 aliphatic carbocycles. The SMILES string of the molecule is CC(C)(C)c1cc2cn(-c3ccc(CNCCCN=C(N)N)cc3)c(=O)nc2[nH]1.CC(C)(C)c1ccc(S(=O)(=O)N(Cc2cc(OC(F)(F)F)ccc2F)C2CCOCC2)cc1. The molecule has 2 aromatic heterocycles. The minimum atomic E-state index is -4.95. The number of fused-ring (bicyclic) bond motifs is 1. The number of rotatable bonds is 13. The first-order valence-corrected chi connectivity index (χ1v) is 21.7. The Morgan fingerprint density at radius 1 is 0.968 bits per heavy atom. The molecule has 3 heterocycles. The molecule has 0 amide bonds. The number of nitrogens with one attached hydrogen (secondary N) is 2. The Labute approximate surface area is 359 Å². The van der Waals surface area contributed by atoms with Crippen molar-refractivity contribution >= 4 is 27.0 Å². The van der Waals surface area contributed by atoms with E-state index in [0.717, 1.165) is 69.9 Å². The predicted molar refractivity (Wildman–Crippen MR) is 232 cm³/mol. The van der Waals surface area contributed by atoms with Gasteiger partial charge in [-0.2, -0.15) is 9.29 Å². The quantitative estimate of drug-likeness (QED) is 0.0413. The maximum atomic E-state index is 14.5. The summed E-state index contributed by atoms with van der Waals surface area (Å²) in [6.45, 7) is 14.8. The van der Waals surface area contributed by atoms with Crippen molar-refractivity contribution in [3.05, 3.63) is 118 Å². The highest BCUT2D eigenvalue weighted by Crippen LogP contribution is 2.31. The van der Waals surface area contributed by atoms with Crippen LogP contribution in [-0.4, -0.2) is 71.9 Å². The van der Waals surface area contributed by atoms with Crippen LogP contribution in [0.15, 0.2) is 93.7 Å². The van der Waals surface area contributed by atoms with Crippen LogP contribution < -0.4 is 27.2 Å². The summed E-state index contributed by atoms with van der Waals surface area (Å²) in [6, 6.07) is 18.5. The molecule has 0 atom stereocenters. The van der Waals surface area contributed by atoms with E-state index in [1.807, 2.05) is 51.2 Å². The van der Waals surface area contributed by atoms with Crippen LogP contribution in [0.3, 0.4) is 0 Å². The molecule has 0 saturated carbocycles. The smallest absolute Gasteiger partial charge is 0.406 e. The van der Waals surface area contributed by atoms with Gasteiger partial charge >= 0.3 is 12.1 Å². The zero-order valence-corrected chi connectivity index (χ0v) is 36.7. The van der Waals surface area contributed by atoms with Crippen LogP contribution in [0.5, 0.6) is 5.75 Å². The van der Waals surface area contributed by atoms with Crippen LogP contribution in [-0.2, 0) is 38.7 Å². The number of nitrogens with two attached hydrogens (primary N) is 2. The zero-order chi connectivity index (χ0) is 45.5. The fourth-order valence-electron chi connectivity index (χ4n) is 6.69. The summed E-state index contributed by atoms with van der Waals surface area (Å²) in [5, 5.41) is 4.27. The standard InChI is InChI=1S/C23H27F4NO4S.C21H29N7O/c1-22(2,3)17-4-7-20(8-5-17)33(29,30)28(18-10-12-31-13-11-18)15-16-14-19(6-9-21(16)24)32-23(25,26)27;1-21(2,3)17-11-15-13-28(20(29)27-18(15)26-17)16-7-5-14(6-8-16)12-24-9-4-10-25-19(22)23/h4-9,14,18H,10-13,15H2,1-3H3;5-8,11,13,24H,4,9-10,12H2,1-3H3,(H4,22,23,25)(H,26,27,29). The molecule has 6 N–H and O–H groups in total. The molecule has 1 fully saturated rings. The maximum absolute atomic E-state index is 14.5. The number of aliphatic imine (C=N–C) groups is 1. The molecule has 0 unspecified atom stereocenters. The Balaban J connectivity index is 0.000000236. The first-order chi connectivity index (χ1) is 29.0. The number of sulfonamides is 1. The number of H-pyrrole nitrogens is 1. The van der Waals surface area contributed by atoms with E-state index in [1.54, 1.807) is 16.7 Å². The van der Waals surface area contributed by atoms with Crippen molar-refractivity contribution in [2.24, 2.45) is 16.5 Å². The Kier molecular flexibility index (Phi) is 15.3. The minimum absolute atomic E-state index is 0.0325. The number of halogens is 4. The number of aromatic nitrogens is 3. The number of guanidine groups is 1. The van der Waals surface area contributed by atoms with Gasteiger partial charge in [-0.1, -0.05) is 65.8 Å². The molecule has 336 valence electrons. The van der Waals surface area contributed by atoms with Crippen molar-refractivity contribution in [2.45, 2.75) is 102 Å². The fourth-order valence-corrected chi connectivity index (χ4v) is 8.35. The van der Waals surface area contributed by atoms with Crippen molar-refractivity contribution in [1.29, 1.82) is 0 Å². The van der Waals surface area contributed by atoms with Gasteiger partial charge in [-0.3, -0.25) is 9.56 Å². The lowest BCUT2D eigenvalue weighted by Crippen LogP contribution is -2.43. The van der Waals surface area contributed by atoms with E-state index in [1.165, 1.54) is 12.1 Å². The molecule has 1 aliphatic heterocycles. The zero-order valence-electron chi connectivity index (χ0n) is 35.9. The number of hydrogen-bond donors (Lipinski definition) is 4. The largest absolute Gasteiger partial charge is 0.573 e. The average molecular weight is 885 g/mol. The lowest BCUT2D eigenvalue weighted by atomic mass is 9.87. The van der Waals surface area contributed by atoms with Gasteiger partial charge in [0.15, 0.2) is 5.96 Å². The monoisotopic (exact) mass is 884 g/mol. The van der Waals surface area contributed by atoms with E-state index in [2.05, 4.69) is 51.9 Å². The second-order valence-electron chi connectivity index (χ2n) is 17.1. The van der Waals surface area contributed by atoms with E-state index >= 15 is 0 Å². The molecule has 0 bridgehead atoms. The predicted octanol–water partition coefficient (Wildman–Crippen LogP) is 7.16. The fraction of sp³-hybridized carbons (Fsp3) is 0.432. The number of alkyl halides is 3. The highest BCUT2D eigenvalue weighted by atomic mass is 32.2. The molecule has 1 aliphatic rings. The van der Waals surface area contributed by atoms with E-state index < -0.39 is 40.5 Å². The van der Waals surface area contributed by atoms with E-state index in [9.17, 15) is 30.8 Å². The molecule has 0 radical (unpaired) electrons. The van der Waals surface area contributed by atoms with Crippen LogP contribution >= 0.6 is 0 Å². The van der Waals surface area contributed by atoms with Gasteiger partial charge in [0.1, 0.15) is 17.2 Å². The van der Waals surface area contributed by atoms with Crippen LogP contribution in [0.2, 0.25) is 0 Å². The summed E-state index contributed by atoms with van der Waals surface area (Å²) in [7, 11) is -4.08. The van der Waals surface area contributed by atoms with Crippen LogP contribution in [0, 0.1) is 5.82 Å². The second kappa shape index (κ2) is 19.8. The third-order valence-electron chi connectivity index (χ3n) is 10.2. The molecule has 6 rings (SSSR count). The number of nitrogens with zero attached hydrogens (tertiary/aromatic N) is 4. The Morgan fingerprint density at radius 2 is 1.63 bits per heavy atom. The van der Waals surface area contributed by atoms with Gasteiger partial charge in [-0.25, -0.2) is 17.6 Å². The lowest BCUT2D eigenvalue weighted by Gasteiger charge is -2.33. The third-order valence-corrected chi connectivity index (χ3v) is 12.1. The number of aromatic amines is 1. The van der Waals surface area contributed by atoms with Crippen molar-refractivity contribution in [3.63, 3.8) is 0 Å². The van der Waals surface area contributed by atoms with Crippen LogP contribution in [0.1, 0.15) is 83.2 Å². The summed E-state index contributed by atoms with van der Waals surface area (Å²) < 4.78 is 91.5. The number of ether oxygens (including phenoxy) is 2. The molecule has 13 nitrogen and oxygen atoms in total. The summed E-state index contributed by atoms with van der Waals surface area (Å²) in [4.78, 5) is 23.9. The van der Waals surface area contributed by atoms with Crippen LogP contribution in [0.25, 0.3) is 16.7 Å². The third kappa shape index (κ3) is 13.1. The van der Waals surface area contributed by atoms with Gasteiger partial charge in [0.2, 0.25) is 10.0 Å². The topological polar surface area (TPSA) is 183 Å². The highest BCUT2D eigenvalue weighted by molar-refractivity contribution is 7.89. The van der Waals surface area contributed by atoms with Crippen LogP contribution in [0.4, 0.5) is 17.6 Å². The van der Waals surface area contributed by atoms with Gasteiger partial charge in [0, 0.05) is 67.1 Å². The first-order valence-electron chi connectivity index (χ1n) is 20.2. The molecular weight excluding hydrogens is 829 g/mol. The normalized spacial score (nSPS) is 14.1. The van der Waals surface area contributed by atoms with E-state index in [-0.39, 0.29) is 32.9 Å². The molecule has 18 heteroatoms.